The van der Waals surface area contributed by atoms with E-state index in [1.165, 1.54) is 18.3 Å². The maximum atomic E-state index is 13.1. The van der Waals surface area contributed by atoms with Gasteiger partial charge in [-0.3, -0.25) is 23.9 Å². The first kappa shape index (κ1) is 30.7. The highest BCUT2D eigenvalue weighted by Gasteiger charge is 2.46. The summed E-state index contributed by atoms with van der Waals surface area (Å²) in [6.07, 6.45) is -7.57. The fraction of sp³-hybridized carbons (Fsp3) is 0.417. The van der Waals surface area contributed by atoms with E-state index in [9.17, 15) is 46.0 Å². The Kier molecular flexibility index (Phi) is 9.64. The van der Waals surface area contributed by atoms with Gasteiger partial charge in [0.05, 0.1) is 6.54 Å². The number of anilines is 2. The summed E-state index contributed by atoms with van der Waals surface area (Å²) in [4.78, 5) is 38.5. The zero-order chi connectivity index (χ0) is 29.7. The average molecular weight is 591 g/mol. The molecule has 40 heavy (non-hydrogen) atoms. The van der Waals surface area contributed by atoms with Crippen LogP contribution in [0.25, 0.3) is 11.8 Å². The third-order valence-corrected chi connectivity index (χ3v) is 6.96. The topological polar surface area (TPSA) is 119 Å². The minimum Gasteiger partial charge on any atom is -0.360 e. The summed E-state index contributed by atoms with van der Waals surface area (Å²) in [5, 5.41) is 16.4. The molecular weight excluding hydrogens is 566 g/mol. The molecule has 3 N–H and O–H groups in total. The monoisotopic (exact) mass is 590 g/mol. The number of halogens is 6. The zero-order valence-corrected chi connectivity index (χ0v) is 21.8. The standard InChI is InChI=1S/C24H24F6N6O3S/c1-2-36-21(39)17(40-22(36)16(10-31)20(38)33-13-23(25,26)27)11-32-14-5-3-6-15(9-14)34-19(37)12-35-8-4-7-18(35)24(28,29)30/h3,5-6,9,11,18,32H,2,4,7-8,12-13H2,1H3,(H,33,38)(H,34,37)/b17-11+,22-16-. The van der Waals surface area contributed by atoms with E-state index in [1.807, 2.05) is 0 Å². The number of likely N-dealkylation sites (tertiary alicyclic amines) is 1. The summed E-state index contributed by atoms with van der Waals surface area (Å²) in [6.45, 7) is -0.336. The van der Waals surface area contributed by atoms with Crippen molar-refractivity contribution in [3.63, 3.8) is 0 Å². The quantitative estimate of drug-likeness (QED) is 0.406. The number of carbonyl (C=O) groups excluding carboxylic acids is 2. The minimum atomic E-state index is -4.69. The second kappa shape index (κ2) is 12.6. The number of nitrogens with one attached hydrogen (secondary N) is 3. The van der Waals surface area contributed by atoms with Crippen molar-refractivity contribution in [2.75, 3.05) is 30.3 Å². The third kappa shape index (κ3) is 7.85. The molecule has 2 amide bonds. The largest absolute Gasteiger partial charge is 0.405 e. The van der Waals surface area contributed by atoms with E-state index in [-0.39, 0.29) is 34.4 Å². The molecule has 16 heteroatoms. The molecule has 1 aliphatic heterocycles. The highest BCUT2D eigenvalue weighted by molar-refractivity contribution is 7.07. The number of alkyl halides is 6. The van der Waals surface area contributed by atoms with Crippen LogP contribution in [-0.2, 0) is 16.1 Å². The number of aromatic nitrogens is 1. The van der Waals surface area contributed by atoms with Gasteiger partial charge in [-0.25, -0.2) is 0 Å². The number of nitriles is 1. The van der Waals surface area contributed by atoms with E-state index in [2.05, 4.69) is 10.6 Å². The molecular formula is C24H24F6N6O3S. The molecule has 1 unspecified atom stereocenters. The molecule has 1 aromatic heterocycles. The fourth-order valence-corrected chi connectivity index (χ4v) is 5.15. The van der Waals surface area contributed by atoms with Crippen molar-refractivity contribution >= 4 is 46.3 Å². The van der Waals surface area contributed by atoms with Crippen LogP contribution < -0.4 is 30.7 Å². The highest BCUT2D eigenvalue weighted by Crippen LogP contribution is 2.32. The predicted molar refractivity (Wildman–Crippen MR) is 135 cm³/mol. The molecule has 0 bridgehead atoms. The molecule has 1 aliphatic rings. The first-order valence-corrected chi connectivity index (χ1v) is 12.7. The van der Waals surface area contributed by atoms with E-state index in [0.29, 0.717) is 12.1 Å². The Balaban J connectivity index is 1.79. The lowest BCUT2D eigenvalue weighted by molar-refractivity contribution is -0.176. The van der Waals surface area contributed by atoms with Crippen LogP contribution in [0.2, 0.25) is 0 Å². The van der Waals surface area contributed by atoms with Crippen LogP contribution in [0.4, 0.5) is 37.7 Å². The van der Waals surface area contributed by atoms with Gasteiger partial charge in [-0.1, -0.05) is 6.07 Å². The Hall–Kier alpha value is -3.84. The predicted octanol–water partition coefficient (Wildman–Crippen LogP) is 2.10. The van der Waals surface area contributed by atoms with Gasteiger partial charge in [0.15, 0.2) is 5.57 Å². The van der Waals surface area contributed by atoms with E-state index < -0.39 is 54.4 Å². The molecule has 2 heterocycles. The Labute approximate surface area is 227 Å². The molecule has 3 rings (SSSR count). The van der Waals surface area contributed by atoms with Crippen LogP contribution >= 0.6 is 11.3 Å². The molecule has 0 saturated carbocycles. The Bertz CT molecular complexity index is 1470. The first-order valence-electron chi connectivity index (χ1n) is 11.9. The fourth-order valence-electron chi connectivity index (χ4n) is 4.06. The normalized spacial score (nSPS) is 17.4. The second-order valence-corrected chi connectivity index (χ2v) is 9.72. The smallest absolute Gasteiger partial charge is 0.360 e. The molecule has 1 aromatic carbocycles. The molecule has 0 aliphatic carbocycles. The number of rotatable bonds is 8. The maximum absolute atomic E-state index is 13.1. The Morgan fingerprint density at radius 2 is 1.90 bits per heavy atom. The van der Waals surface area contributed by atoms with E-state index in [1.54, 1.807) is 30.4 Å². The van der Waals surface area contributed by atoms with E-state index in [0.717, 1.165) is 20.8 Å². The van der Waals surface area contributed by atoms with Crippen LogP contribution in [0, 0.1) is 11.3 Å². The van der Waals surface area contributed by atoms with Crippen molar-refractivity contribution < 1.29 is 35.9 Å². The van der Waals surface area contributed by atoms with Crippen LogP contribution in [0.3, 0.4) is 0 Å². The van der Waals surface area contributed by atoms with Crippen LogP contribution in [0.1, 0.15) is 19.8 Å². The van der Waals surface area contributed by atoms with Gasteiger partial charge in [0, 0.05) is 24.1 Å². The van der Waals surface area contributed by atoms with Gasteiger partial charge in [0.25, 0.3) is 11.5 Å². The number of carbonyl (C=O) groups is 2. The third-order valence-electron chi connectivity index (χ3n) is 5.83. The summed E-state index contributed by atoms with van der Waals surface area (Å²) in [6, 6.07) is 6.02. The summed E-state index contributed by atoms with van der Waals surface area (Å²) < 4.78 is 77.8. The number of amides is 2. The lowest BCUT2D eigenvalue weighted by Crippen LogP contribution is -2.44. The molecule has 9 nitrogen and oxygen atoms in total. The molecule has 216 valence electrons. The molecule has 2 aromatic rings. The number of benzene rings is 1. The van der Waals surface area contributed by atoms with Crippen molar-refractivity contribution in [1.82, 2.24) is 14.8 Å². The van der Waals surface area contributed by atoms with Crippen LogP contribution in [0.5, 0.6) is 0 Å². The van der Waals surface area contributed by atoms with Crippen molar-refractivity contribution in [3.8, 4) is 6.07 Å². The van der Waals surface area contributed by atoms with Crippen molar-refractivity contribution in [2.45, 2.75) is 44.7 Å². The number of hydrogen-bond acceptors (Lipinski definition) is 7. The van der Waals surface area contributed by atoms with Crippen LogP contribution in [-0.4, -0.2) is 59.3 Å². The summed E-state index contributed by atoms with van der Waals surface area (Å²) >= 11 is 0.723. The lowest BCUT2D eigenvalue weighted by Gasteiger charge is -2.25. The van der Waals surface area contributed by atoms with Gasteiger partial charge in [-0.05, 0) is 44.5 Å². The minimum absolute atomic E-state index is 0.0317. The van der Waals surface area contributed by atoms with Gasteiger partial charge >= 0.3 is 12.4 Å². The lowest BCUT2D eigenvalue weighted by atomic mass is 10.2. The number of nitrogens with zero attached hydrogens (tertiary/aromatic N) is 3. The van der Waals surface area contributed by atoms with E-state index >= 15 is 0 Å². The Morgan fingerprint density at radius 1 is 1.20 bits per heavy atom. The summed E-state index contributed by atoms with van der Waals surface area (Å²) in [7, 11) is 0. The van der Waals surface area contributed by atoms with Gasteiger partial charge in [0.2, 0.25) is 5.91 Å². The SMILES string of the molecule is CCn1c(=O)/c(=C\Nc2cccc(NC(=O)CN3CCCC3C(F)(F)F)c2)s/c1=C(/C#N)C(=O)NCC(F)(F)F. The molecule has 1 fully saturated rings. The summed E-state index contributed by atoms with van der Waals surface area (Å²) in [5.41, 5.74) is -0.577. The first-order chi connectivity index (χ1) is 18.7. The van der Waals surface area contributed by atoms with Crippen molar-refractivity contribution in [1.29, 1.82) is 5.26 Å². The average Bonchev–Trinajstić information content (AvgIpc) is 3.45. The van der Waals surface area contributed by atoms with E-state index in [4.69, 9.17) is 0 Å². The molecule has 1 atom stereocenters. The molecule has 1 saturated heterocycles. The Morgan fingerprint density at radius 3 is 2.52 bits per heavy atom. The zero-order valence-electron chi connectivity index (χ0n) is 20.9. The van der Waals surface area contributed by atoms with Crippen molar-refractivity contribution in [2.24, 2.45) is 0 Å². The molecule has 0 spiro atoms. The second-order valence-electron chi connectivity index (χ2n) is 8.69. The maximum Gasteiger partial charge on any atom is 0.405 e. The van der Waals surface area contributed by atoms with Gasteiger partial charge < -0.3 is 16.0 Å². The number of hydrogen-bond donors (Lipinski definition) is 3. The molecule has 0 radical (unpaired) electrons. The number of thiazole rings is 1. The van der Waals surface area contributed by atoms with Crippen molar-refractivity contribution in [3.05, 3.63) is 43.8 Å². The van der Waals surface area contributed by atoms with Gasteiger partial charge in [-0.15, -0.1) is 11.3 Å². The summed E-state index contributed by atoms with van der Waals surface area (Å²) in [5.74, 6) is -1.91. The van der Waals surface area contributed by atoms with Gasteiger partial charge in [0.1, 0.15) is 27.9 Å². The van der Waals surface area contributed by atoms with Gasteiger partial charge in [-0.2, -0.15) is 31.6 Å². The van der Waals surface area contributed by atoms with Crippen LogP contribution in [0.15, 0.2) is 29.1 Å². The highest BCUT2D eigenvalue weighted by atomic mass is 32.1.